The number of aryl methyl sites for hydroxylation is 1. The molecule has 0 bridgehead atoms. The minimum absolute atomic E-state index is 0.263. The number of oxime groups is 1. The predicted molar refractivity (Wildman–Crippen MR) is 70.8 cm³/mol. The number of rotatable bonds is 5. The Hall–Kier alpha value is -1.67. The van der Waals surface area contributed by atoms with Gasteiger partial charge in [-0.05, 0) is 6.92 Å². The molecule has 3 N–H and O–H groups in total. The summed E-state index contributed by atoms with van der Waals surface area (Å²) < 4.78 is 1.92. The van der Waals surface area contributed by atoms with Crippen LogP contribution in [0.25, 0.3) is 0 Å². The fourth-order valence-corrected chi connectivity index (χ4v) is 2.24. The van der Waals surface area contributed by atoms with E-state index in [4.69, 9.17) is 10.9 Å². The Morgan fingerprint density at radius 3 is 2.68 bits per heavy atom. The zero-order valence-electron chi connectivity index (χ0n) is 11.2. The summed E-state index contributed by atoms with van der Waals surface area (Å²) in [5, 5.41) is 15.7. The number of aromatic nitrogens is 3. The van der Waals surface area contributed by atoms with Crippen LogP contribution >= 0.6 is 0 Å². The standard InChI is InChI=1S/C11H21N7O/c1-2-18-11(13-9-14-18)8-17-5-3-16(4-6-17)7-10(12)15-19/h9,19H,2-8H2,1H3,(H2,12,15). The highest BCUT2D eigenvalue weighted by molar-refractivity contribution is 5.81. The third kappa shape index (κ3) is 3.65. The Morgan fingerprint density at radius 1 is 1.37 bits per heavy atom. The molecule has 0 aromatic carbocycles. The molecule has 106 valence electrons. The average Bonchev–Trinajstić information content (AvgIpc) is 2.88. The Bertz CT molecular complexity index is 422. The monoisotopic (exact) mass is 267 g/mol. The van der Waals surface area contributed by atoms with Crippen LogP contribution in [-0.4, -0.2) is 68.3 Å². The molecule has 0 aliphatic carbocycles. The lowest BCUT2D eigenvalue weighted by Gasteiger charge is -2.33. The molecule has 2 heterocycles. The molecule has 1 saturated heterocycles. The summed E-state index contributed by atoms with van der Waals surface area (Å²) >= 11 is 0. The van der Waals surface area contributed by atoms with Crippen LogP contribution in [0.15, 0.2) is 11.5 Å². The first-order valence-electron chi connectivity index (χ1n) is 6.50. The largest absolute Gasteiger partial charge is 0.409 e. The zero-order valence-corrected chi connectivity index (χ0v) is 11.2. The molecule has 1 aromatic rings. The van der Waals surface area contributed by atoms with Crippen molar-refractivity contribution in [1.29, 1.82) is 0 Å². The summed E-state index contributed by atoms with van der Waals surface area (Å²) in [6.07, 6.45) is 1.60. The van der Waals surface area contributed by atoms with Crippen LogP contribution in [0.2, 0.25) is 0 Å². The van der Waals surface area contributed by atoms with Crippen molar-refractivity contribution in [2.75, 3.05) is 32.7 Å². The van der Waals surface area contributed by atoms with Gasteiger partial charge in [0.2, 0.25) is 0 Å². The van der Waals surface area contributed by atoms with Gasteiger partial charge >= 0.3 is 0 Å². The Kier molecular flexibility index (Phi) is 4.69. The van der Waals surface area contributed by atoms with E-state index in [-0.39, 0.29) is 5.84 Å². The maximum atomic E-state index is 8.55. The van der Waals surface area contributed by atoms with Gasteiger partial charge in [-0.3, -0.25) is 9.80 Å². The number of piperazine rings is 1. The second kappa shape index (κ2) is 6.48. The summed E-state index contributed by atoms with van der Waals surface area (Å²) in [7, 11) is 0. The molecule has 0 amide bonds. The van der Waals surface area contributed by atoms with Gasteiger partial charge in [-0.15, -0.1) is 0 Å². The van der Waals surface area contributed by atoms with Crippen LogP contribution in [0.5, 0.6) is 0 Å². The smallest absolute Gasteiger partial charge is 0.153 e. The van der Waals surface area contributed by atoms with Gasteiger partial charge in [-0.1, -0.05) is 5.16 Å². The van der Waals surface area contributed by atoms with Crippen molar-refractivity contribution in [3.05, 3.63) is 12.2 Å². The topological polar surface area (TPSA) is 95.8 Å². The molecule has 0 saturated carbocycles. The molecule has 8 nitrogen and oxygen atoms in total. The Balaban J connectivity index is 1.80. The normalized spacial score (nSPS) is 18.9. The molecule has 2 rings (SSSR count). The van der Waals surface area contributed by atoms with Crippen LogP contribution in [0.3, 0.4) is 0 Å². The van der Waals surface area contributed by atoms with Gasteiger partial charge in [0, 0.05) is 32.7 Å². The predicted octanol–water partition coefficient (Wildman–Crippen LogP) is -0.838. The van der Waals surface area contributed by atoms with Crippen LogP contribution in [0.4, 0.5) is 0 Å². The van der Waals surface area contributed by atoms with E-state index in [0.717, 1.165) is 45.1 Å². The van der Waals surface area contributed by atoms with E-state index in [2.05, 4.69) is 32.0 Å². The molecular weight excluding hydrogens is 246 g/mol. The number of amidine groups is 1. The quantitative estimate of drug-likeness (QED) is 0.313. The van der Waals surface area contributed by atoms with Gasteiger partial charge in [-0.2, -0.15) is 5.10 Å². The highest BCUT2D eigenvalue weighted by Gasteiger charge is 2.19. The Morgan fingerprint density at radius 2 is 2.05 bits per heavy atom. The van der Waals surface area contributed by atoms with Crippen LogP contribution in [0, 0.1) is 0 Å². The second-order valence-corrected chi connectivity index (χ2v) is 4.64. The van der Waals surface area contributed by atoms with Crippen LogP contribution in [0.1, 0.15) is 12.7 Å². The van der Waals surface area contributed by atoms with E-state index in [0.29, 0.717) is 6.54 Å². The first kappa shape index (κ1) is 13.8. The summed E-state index contributed by atoms with van der Waals surface area (Å²) in [6.45, 7) is 7.99. The van der Waals surface area contributed by atoms with Gasteiger partial charge in [-0.25, -0.2) is 9.67 Å². The van der Waals surface area contributed by atoms with E-state index in [1.807, 2.05) is 4.68 Å². The van der Waals surface area contributed by atoms with Crippen molar-refractivity contribution in [3.63, 3.8) is 0 Å². The number of nitrogens with zero attached hydrogens (tertiary/aromatic N) is 6. The lowest BCUT2D eigenvalue weighted by atomic mass is 10.3. The molecular formula is C11H21N7O. The van der Waals surface area contributed by atoms with Crippen molar-refractivity contribution in [2.45, 2.75) is 20.0 Å². The highest BCUT2D eigenvalue weighted by atomic mass is 16.4. The average molecular weight is 267 g/mol. The number of nitrogens with two attached hydrogens (primary N) is 1. The molecule has 1 aromatic heterocycles. The van der Waals surface area contributed by atoms with E-state index in [1.165, 1.54) is 0 Å². The first-order valence-corrected chi connectivity index (χ1v) is 6.50. The van der Waals surface area contributed by atoms with E-state index in [1.54, 1.807) is 6.33 Å². The lowest BCUT2D eigenvalue weighted by molar-refractivity contribution is 0.135. The third-order valence-corrected chi connectivity index (χ3v) is 3.34. The Labute approximate surface area is 112 Å². The first-order chi connectivity index (χ1) is 9.22. The lowest BCUT2D eigenvalue weighted by Crippen LogP contribution is -2.48. The van der Waals surface area contributed by atoms with Crippen molar-refractivity contribution < 1.29 is 5.21 Å². The minimum Gasteiger partial charge on any atom is -0.409 e. The van der Waals surface area contributed by atoms with Crippen molar-refractivity contribution in [2.24, 2.45) is 10.9 Å². The SMILES string of the molecule is CCn1ncnc1CN1CCN(CC(N)=NO)CC1. The van der Waals surface area contributed by atoms with Gasteiger partial charge in [0.15, 0.2) is 5.84 Å². The number of hydrogen-bond acceptors (Lipinski definition) is 6. The van der Waals surface area contributed by atoms with E-state index < -0.39 is 0 Å². The maximum absolute atomic E-state index is 8.55. The van der Waals surface area contributed by atoms with Gasteiger partial charge in [0.25, 0.3) is 0 Å². The van der Waals surface area contributed by atoms with Crippen LogP contribution < -0.4 is 5.73 Å². The molecule has 19 heavy (non-hydrogen) atoms. The summed E-state index contributed by atoms with van der Waals surface area (Å²) in [6, 6.07) is 0. The zero-order chi connectivity index (χ0) is 13.7. The molecule has 1 fully saturated rings. The minimum atomic E-state index is 0.263. The molecule has 0 unspecified atom stereocenters. The summed E-state index contributed by atoms with van der Waals surface area (Å²) in [4.78, 5) is 8.81. The molecule has 0 spiro atoms. The van der Waals surface area contributed by atoms with Gasteiger partial charge in [0.05, 0.1) is 13.1 Å². The molecule has 0 atom stereocenters. The molecule has 1 aliphatic rings. The maximum Gasteiger partial charge on any atom is 0.153 e. The highest BCUT2D eigenvalue weighted by Crippen LogP contribution is 2.06. The third-order valence-electron chi connectivity index (χ3n) is 3.34. The van der Waals surface area contributed by atoms with Gasteiger partial charge in [0.1, 0.15) is 12.2 Å². The molecule has 8 heteroatoms. The van der Waals surface area contributed by atoms with Crippen molar-refractivity contribution in [1.82, 2.24) is 24.6 Å². The number of hydrogen-bond donors (Lipinski definition) is 2. The van der Waals surface area contributed by atoms with Crippen molar-refractivity contribution >= 4 is 5.84 Å². The van der Waals surface area contributed by atoms with E-state index >= 15 is 0 Å². The van der Waals surface area contributed by atoms with E-state index in [9.17, 15) is 0 Å². The van der Waals surface area contributed by atoms with Crippen LogP contribution in [-0.2, 0) is 13.1 Å². The van der Waals surface area contributed by atoms with Crippen molar-refractivity contribution in [3.8, 4) is 0 Å². The molecule has 1 aliphatic heterocycles. The fourth-order valence-electron chi connectivity index (χ4n) is 2.24. The fraction of sp³-hybridized carbons (Fsp3) is 0.727. The van der Waals surface area contributed by atoms with Gasteiger partial charge < -0.3 is 10.9 Å². The summed E-state index contributed by atoms with van der Waals surface area (Å²) in [5.74, 6) is 1.27. The summed E-state index contributed by atoms with van der Waals surface area (Å²) in [5.41, 5.74) is 5.51. The molecule has 0 radical (unpaired) electrons. The second-order valence-electron chi connectivity index (χ2n) is 4.64.